The first-order chi connectivity index (χ1) is 18.3. The number of hydrogen-bond acceptors (Lipinski definition) is 5. The van der Waals surface area contributed by atoms with E-state index in [1.165, 1.54) is 34.9 Å². The molecule has 0 spiro atoms. The molecule has 0 heterocycles. The van der Waals surface area contributed by atoms with E-state index in [0.29, 0.717) is 11.3 Å². The second-order valence-electron chi connectivity index (χ2n) is 9.05. The van der Waals surface area contributed by atoms with Gasteiger partial charge >= 0.3 is 0 Å². The van der Waals surface area contributed by atoms with Crippen LogP contribution in [-0.4, -0.2) is 39.5 Å². The second kappa shape index (κ2) is 14.3. The molecule has 0 saturated carbocycles. The molecule has 2 amide bonds. The van der Waals surface area contributed by atoms with E-state index >= 15 is 0 Å². The van der Waals surface area contributed by atoms with Crippen molar-refractivity contribution in [3.63, 3.8) is 0 Å². The number of hydrogen-bond donors (Lipinski definition) is 1. The number of nitrogens with one attached hydrogen (secondary N) is 1. The van der Waals surface area contributed by atoms with Crippen molar-refractivity contribution in [2.24, 2.45) is 0 Å². The van der Waals surface area contributed by atoms with Gasteiger partial charge in [0.2, 0.25) is 11.8 Å². The Bertz CT molecular complexity index is 1220. The molecule has 200 valence electrons. The molecule has 9 heteroatoms. The molecule has 0 aliphatic heterocycles. The van der Waals surface area contributed by atoms with Gasteiger partial charge in [0.25, 0.3) is 5.69 Å². The summed E-state index contributed by atoms with van der Waals surface area (Å²) in [4.78, 5) is 39.0. The smallest absolute Gasteiger partial charge is 0.269 e. The molecule has 2 atom stereocenters. The summed E-state index contributed by atoms with van der Waals surface area (Å²) < 4.78 is 14.6. The SMILES string of the molecule is CC[C@@H](C)NC(=O)[C@H](Cc1ccccc1)N(Cc1ccccc1F)C(=O)CSCc1ccc([N+](=O)[O-])cc1. The Morgan fingerprint density at radius 3 is 2.29 bits per heavy atom. The maximum atomic E-state index is 14.6. The third-order valence-electron chi connectivity index (χ3n) is 6.21. The summed E-state index contributed by atoms with van der Waals surface area (Å²) >= 11 is 1.34. The highest BCUT2D eigenvalue weighted by Crippen LogP contribution is 2.21. The number of carbonyl (C=O) groups excluding carboxylic acids is 2. The van der Waals surface area contributed by atoms with E-state index in [-0.39, 0.29) is 42.3 Å². The normalized spacial score (nSPS) is 12.4. The summed E-state index contributed by atoms with van der Waals surface area (Å²) in [5, 5.41) is 13.9. The Hall–Kier alpha value is -3.72. The summed E-state index contributed by atoms with van der Waals surface area (Å²) in [5.41, 5.74) is 2.06. The van der Waals surface area contributed by atoms with Gasteiger partial charge in [-0.3, -0.25) is 19.7 Å². The van der Waals surface area contributed by atoms with Crippen LogP contribution in [0, 0.1) is 15.9 Å². The van der Waals surface area contributed by atoms with Crippen LogP contribution in [0.15, 0.2) is 78.9 Å². The van der Waals surface area contributed by atoms with E-state index in [1.807, 2.05) is 44.2 Å². The Morgan fingerprint density at radius 2 is 1.66 bits per heavy atom. The van der Waals surface area contributed by atoms with Crippen molar-refractivity contribution in [1.82, 2.24) is 10.2 Å². The molecule has 0 aliphatic rings. The minimum absolute atomic E-state index is 0.00182. The first kappa shape index (κ1) is 28.8. The zero-order valence-electron chi connectivity index (χ0n) is 21.5. The maximum absolute atomic E-state index is 14.6. The lowest BCUT2D eigenvalue weighted by Crippen LogP contribution is -2.52. The minimum atomic E-state index is -0.835. The Kier molecular flexibility index (Phi) is 10.8. The van der Waals surface area contributed by atoms with Gasteiger partial charge in [-0.1, -0.05) is 67.6 Å². The van der Waals surface area contributed by atoms with Crippen molar-refractivity contribution in [1.29, 1.82) is 0 Å². The van der Waals surface area contributed by atoms with Crippen molar-refractivity contribution >= 4 is 29.3 Å². The lowest BCUT2D eigenvalue weighted by Gasteiger charge is -2.32. The van der Waals surface area contributed by atoms with Gasteiger partial charge in [0.05, 0.1) is 10.7 Å². The molecular formula is C29H32FN3O4S. The van der Waals surface area contributed by atoms with Crippen LogP contribution in [0.4, 0.5) is 10.1 Å². The van der Waals surface area contributed by atoms with Gasteiger partial charge in [0.1, 0.15) is 11.9 Å². The average molecular weight is 538 g/mol. The molecule has 0 bridgehead atoms. The second-order valence-corrected chi connectivity index (χ2v) is 10.0. The summed E-state index contributed by atoms with van der Waals surface area (Å²) in [7, 11) is 0. The number of nitro benzene ring substituents is 1. The molecule has 0 saturated heterocycles. The minimum Gasteiger partial charge on any atom is -0.352 e. The van der Waals surface area contributed by atoms with Crippen LogP contribution in [-0.2, 0) is 28.3 Å². The third-order valence-corrected chi connectivity index (χ3v) is 7.20. The quantitative estimate of drug-likeness (QED) is 0.229. The van der Waals surface area contributed by atoms with Crippen LogP contribution in [0.25, 0.3) is 0 Å². The summed E-state index contributed by atoms with van der Waals surface area (Å²) in [6, 6.07) is 20.9. The van der Waals surface area contributed by atoms with E-state index in [2.05, 4.69) is 5.32 Å². The number of benzene rings is 3. The average Bonchev–Trinajstić information content (AvgIpc) is 2.92. The van der Waals surface area contributed by atoms with Gasteiger partial charge < -0.3 is 10.2 Å². The molecule has 3 aromatic carbocycles. The van der Waals surface area contributed by atoms with Crippen molar-refractivity contribution < 1.29 is 18.9 Å². The number of thioether (sulfide) groups is 1. The molecule has 0 fully saturated rings. The monoisotopic (exact) mass is 537 g/mol. The predicted molar refractivity (Wildman–Crippen MR) is 148 cm³/mol. The topological polar surface area (TPSA) is 92.6 Å². The van der Waals surface area contributed by atoms with Gasteiger partial charge in [-0.25, -0.2) is 4.39 Å². The number of carbonyl (C=O) groups is 2. The molecule has 0 radical (unpaired) electrons. The van der Waals surface area contributed by atoms with Crippen LogP contribution in [0.1, 0.15) is 37.0 Å². The van der Waals surface area contributed by atoms with Crippen LogP contribution < -0.4 is 5.32 Å². The van der Waals surface area contributed by atoms with E-state index < -0.39 is 16.8 Å². The van der Waals surface area contributed by atoms with E-state index in [0.717, 1.165) is 17.5 Å². The highest BCUT2D eigenvalue weighted by Gasteiger charge is 2.31. The molecule has 3 rings (SSSR count). The molecule has 0 aromatic heterocycles. The summed E-state index contributed by atoms with van der Waals surface area (Å²) in [6.45, 7) is 3.82. The lowest BCUT2D eigenvalue weighted by molar-refractivity contribution is -0.384. The number of rotatable bonds is 13. The maximum Gasteiger partial charge on any atom is 0.269 e. The van der Waals surface area contributed by atoms with Crippen LogP contribution in [0.5, 0.6) is 0 Å². The molecule has 0 unspecified atom stereocenters. The molecule has 0 aliphatic carbocycles. The largest absolute Gasteiger partial charge is 0.352 e. The van der Waals surface area contributed by atoms with Crippen LogP contribution >= 0.6 is 11.8 Å². The van der Waals surface area contributed by atoms with Crippen molar-refractivity contribution in [2.45, 2.75) is 51.1 Å². The van der Waals surface area contributed by atoms with E-state index in [4.69, 9.17) is 0 Å². The Balaban J connectivity index is 1.84. The fourth-order valence-electron chi connectivity index (χ4n) is 3.86. The van der Waals surface area contributed by atoms with E-state index in [1.54, 1.807) is 30.3 Å². The third kappa shape index (κ3) is 8.41. The molecular weight excluding hydrogens is 505 g/mol. The zero-order valence-corrected chi connectivity index (χ0v) is 22.3. The van der Waals surface area contributed by atoms with Crippen molar-refractivity contribution in [2.75, 3.05) is 5.75 Å². The van der Waals surface area contributed by atoms with Gasteiger partial charge in [-0.05, 0) is 30.5 Å². The predicted octanol–water partition coefficient (Wildman–Crippen LogP) is 5.52. The number of amides is 2. The number of halogens is 1. The number of nitrogens with zero attached hydrogens (tertiary/aromatic N) is 2. The van der Waals surface area contributed by atoms with Crippen molar-refractivity contribution in [3.8, 4) is 0 Å². The van der Waals surface area contributed by atoms with Gasteiger partial charge in [0.15, 0.2) is 0 Å². The standard InChI is InChI=1S/C29H32FN3O4S/c1-3-21(2)31-29(35)27(17-22-9-5-4-6-10-22)32(18-24-11-7-8-12-26(24)30)28(34)20-38-19-23-13-15-25(16-14-23)33(36)37/h4-16,21,27H,3,17-20H2,1-2H3,(H,31,35)/t21-,27+/m1/s1. The first-order valence-electron chi connectivity index (χ1n) is 12.5. The van der Waals surface area contributed by atoms with Gasteiger partial charge in [0, 0.05) is 42.5 Å². The molecule has 38 heavy (non-hydrogen) atoms. The highest BCUT2D eigenvalue weighted by molar-refractivity contribution is 7.99. The Morgan fingerprint density at radius 1 is 1.00 bits per heavy atom. The highest BCUT2D eigenvalue weighted by atomic mass is 32.2. The van der Waals surface area contributed by atoms with Crippen molar-refractivity contribution in [3.05, 3.63) is 111 Å². The Labute approximate surface area is 226 Å². The molecule has 3 aromatic rings. The number of non-ortho nitro benzene ring substituents is 1. The van der Waals surface area contributed by atoms with E-state index in [9.17, 15) is 24.1 Å². The first-order valence-corrected chi connectivity index (χ1v) is 13.6. The lowest BCUT2D eigenvalue weighted by atomic mass is 10.0. The van der Waals surface area contributed by atoms with Crippen LogP contribution in [0.2, 0.25) is 0 Å². The summed E-state index contributed by atoms with van der Waals surface area (Å²) in [5.74, 6) is -0.495. The van der Waals surface area contributed by atoms with Crippen LogP contribution in [0.3, 0.4) is 0 Å². The fraction of sp³-hybridized carbons (Fsp3) is 0.310. The van der Waals surface area contributed by atoms with Gasteiger partial charge in [-0.2, -0.15) is 0 Å². The molecule has 7 nitrogen and oxygen atoms in total. The fourth-order valence-corrected chi connectivity index (χ4v) is 4.73. The zero-order chi connectivity index (χ0) is 27.5. The number of nitro groups is 1. The summed E-state index contributed by atoms with van der Waals surface area (Å²) in [6.07, 6.45) is 1.02. The molecule has 1 N–H and O–H groups in total. The van der Waals surface area contributed by atoms with Gasteiger partial charge in [-0.15, -0.1) is 11.8 Å².